The summed E-state index contributed by atoms with van der Waals surface area (Å²) < 4.78 is 0. The third-order valence-electron chi connectivity index (χ3n) is 0.387. The molecule has 1 N–H and O–H groups in total. The second-order valence-corrected chi connectivity index (χ2v) is 0.924. The zero-order chi connectivity index (χ0) is 4.28. The summed E-state index contributed by atoms with van der Waals surface area (Å²) in [6.45, 7) is 8.14. The van der Waals surface area contributed by atoms with Crippen molar-refractivity contribution in [2.75, 3.05) is 0 Å². The minimum atomic E-state index is -0.866. The topological polar surface area (TPSA) is 20.2 Å². The average Bonchev–Trinajstić information content (AvgIpc) is 1.38. The molecule has 0 aliphatic carbocycles. The van der Waals surface area contributed by atoms with E-state index in [-0.39, 0.29) is 0 Å². The highest BCUT2D eigenvalue weighted by Gasteiger charge is 1.83. The van der Waals surface area contributed by atoms with Gasteiger partial charge in [-0.3, -0.25) is 0 Å². The summed E-state index contributed by atoms with van der Waals surface area (Å²) in [7, 11) is 0. The van der Waals surface area contributed by atoms with Crippen LogP contribution in [0.2, 0.25) is 0 Å². The Balaban J connectivity index is 2.54. The van der Waals surface area contributed by atoms with Crippen LogP contribution in [0.1, 0.15) is 13.3 Å². The zero-order valence-electron chi connectivity index (χ0n) is 3.23. The maximum Gasteiger partial charge on any atom is 0.0614 e. The smallest absolute Gasteiger partial charge is 0.0614 e. The molecule has 0 fully saturated rings. The highest BCUT2D eigenvalue weighted by molar-refractivity contribution is 4.49. The monoisotopic (exact) mass is 71.0 g/mol. The SMILES string of the molecule is [C]C(O)CC. The predicted octanol–water partition coefficient (Wildman–Crippen LogP) is 0.345. The van der Waals surface area contributed by atoms with E-state index in [1.165, 1.54) is 0 Å². The lowest BCUT2D eigenvalue weighted by Crippen LogP contribution is -1.93. The molecular formula is C4H7O. The van der Waals surface area contributed by atoms with Crippen LogP contribution < -0.4 is 0 Å². The fourth-order valence-corrected chi connectivity index (χ4v) is 0. The quantitative estimate of drug-likeness (QED) is 0.472. The van der Waals surface area contributed by atoms with Crippen molar-refractivity contribution in [1.82, 2.24) is 0 Å². The molecule has 1 nitrogen and oxygen atoms in total. The third kappa shape index (κ3) is 3.96. The van der Waals surface area contributed by atoms with Crippen LogP contribution in [0.4, 0.5) is 0 Å². The van der Waals surface area contributed by atoms with E-state index in [0.717, 1.165) is 0 Å². The van der Waals surface area contributed by atoms with Crippen LogP contribution in [0.5, 0.6) is 0 Å². The Kier molecular flexibility index (Phi) is 2.19. The average molecular weight is 71.1 g/mol. The summed E-state index contributed by atoms with van der Waals surface area (Å²) in [5.41, 5.74) is 0. The number of rotatable bonds is 1. The maximum absolute atomic E-state index is 8.03. The largest absolute Gasteiger partial charge is 0.392 e. The molecule has 1 atom stereocenters. The van der Waals surface area contributed by atoms with Crippen molar-refractivity contribution < 1.29 is 5.11 Å². The molecule has 5 heavy (non-hydrogen) atoms. The van der Waals surface area contributed by atoms with Crippen LogP contribution >= 0.6 is 0 Å². The van der Waals surface area contributed by atoms with Gasteiger partial charge in [0.2, 0.25) is 0 Å². The van der Waals surface area contributed by atoms with Gasteiger partial charge in [0, 0.05) is 6.92 Å². The second-order valence-electron chi connectivity index (χ2n) is 0.924. The van der Waals surface area contributed by atoms with Crippen LogP contribution in [0, 0.1) is 6.92 Å². The van der Waals surface area contributed by atoms with Gasteiger partial charge in [0.05, 0.1) is 6.10 Å². The molecule has 0 amide bonds. The van der Waals surface area contributed by atoms with Crippen molar-refractivity contribution in [2.45, 2.75) is 19.4 Å². The predicted molar refractivity (Wildman–Crippen MR) is 19.5 cm³/mol. The lowest BCUT2D eigenvalue weighted by Gasteiger charge is -1.89. The van der Waals surface area contributed by atoms with Gasteiger partial charge < -0.3 is 5.11 Å². The van der Waals surface area contributed by atoms with E-state index in [1.807, 2.05) is 0 Å². The van der Waals surface area contributed by atoms with E-state index in [4.69, 9.17) is 12.0 Å². The molecule has 0 spiro atoms. The van der Waals surface area contributed by atoms with Gasteiger partial charge in [-0.2, -0.15) is 0 Å². The van der Waals surface area contributed by atoms with Crippen LogP contribution in [0.3, 0.4) is 0 Å². The highest BCUT2D eigenvalue weighted by Crippen LogP contribution is 1.80. The highest BCUT2D eigenvalue weighted by atomic mass is 16.3. The van der Waals surface area contributed by atoms with Gasteiger partial charge in [-0.05, 0) is 6.42 Å². The molecule has 0 aliphatic rings. The van der Waals surface area contributed by atoms with Gasteiger partial charge in [-0.15, -0.1) is 0 Å². The number of hydrogen-bond donors (Lipinski definition) is 1. The molecule has 3 radical (unpaired) electrons. The van der Waals surface area contributed by atoms with Gasteiger partial charge in [0.15, 0.2) is 0 Å². The minimum Gasteiger partial charge on any atom is -0.392 e. The van der Waals surface area contributed by atoms with Crippen LogP contribution in [-0.4, -0.2) is 11.2 Å². The van der Waals surface area contributed by atoms with Crippen molar-refractivity contribution in [1.29, 1.82) is 0 Å². The van der Waals surface area contributed by atoms with Gasteiger partial charge in [0.25, 0.3) is 0 Å². The zero-order valence-corrected chi connectivity index (χ0v) is 3.23. The molecule has 0 aromatic rings. The fraction of sp³-hybridized carbons (Fsp3) is 0.750. The normalized spacial score (nSPS) is 15.0. The first kappa shape index (κ1) is 4.96. The minimum absolute atomic E-state index is 0.528. The molecule has 0 aromatic heterocycles. The molecule has 0 aliphatic heterocycles. The second kappa shape index (κ2) is 2.21. The Morgan fingerprint density at radius 1 is 2.00 bits per heavy atom. The van der Waals surface area contributed by atoms with E-state index >= 15 is 0 Å². The molecule has 0 saturated heterocycles. The molecule has 1 heteroatoms. The Morgan fingerprint density at radius 2 is 2.20 bits per heavy atom. The van der Waals surface area contributed by atoms with Crippen LogP contribution in [-0.2, 0) is 0 Å². The summed E-state index contributed by atoms with van der Waals surface area (Å²) >= 11 is 0. The first-order chi connectivity index (χ1) is 2.27. The molecule has 0 heterocycles. The van der Waals surface area contributed by atoms with E-state index in [2.05, 4.69) is 0 Å². The lowest BCUT2D eigenvalue weighted by atomic mass is 10.3. The van der Waals surface area contributed by atoms with E-state index in [0.29, 0.717) is 6.42 Å². The van der Waals surface area contributed by atoms with E-state index < -0.39 is 6.10 Å². The first-order valence-corrected chi connectivity index (χ1v) is 1.66. The molecule has 29 valence electrons. The maximum atomic E-state index is 8.03. The summed E-state index contributed by atoms with van der Waals surface area (Å²) in [6.07, 6.45) is -0.338. The Hall–Kier alpha value is -0.0400. The Bertz CT molecular complexity index is 17.6. The Labute approximate surface area is 32.6 Å². The van der Waals surface area contributed by atoms with Crippen LogP contribution in [0.15, 0.2) is 0 Å². The Morgan fingerprint density at radius 3 is 2.20 bits per heavy atom. The summed E-state index contributed by atoms with van der Waals surface area (Å²) in [5.74, 6) is 0. The molecular weight excluding hydrogens is 64.0 g/mol. The number of aliphatic hydroxyl groups is 1. The lowest BCUT2D eigenvalue weighted by molar-refractivity contribution is 0.216. The van der Waals surface area contributed by atoms with Crippen molar-refractivity contribution in [2.24, 2.45) is 0 Å². The summed E-state index contributed by atoms with van der Waals surface area (Å²) in [5, 5.41) is 8.03. The van der Waals surface area contributed by atoms with Gasteiger partial charge in [-0.25, -0.2) is 0 Å². The fourth-order valence-electron chi connectivity index (χ4n) is 0. The van der Waals surface area contributed by atoms with E-state index in [1.54, 1.807) is 6.92 Å². The summed E-state index contributed by atoms with van der Waals surface area (Å²) in [4.78, 5) is 0. The standard InChI is InChI=1S/C4H7O/c1-3-4(2)5/h4-5H,3H2,1H3. The van der Waals surface area contributed by atoms with Gasteiger partial charge in [0.1, 0.15) is 0 Å². The van der Waals surface area contributed by atoms with Crippen molar-refractivity contribution in [3.05, 3.63) is 6.92 Å². The molecule has 0 bridgehead atoms. The number of hydrogen-bond acceptors (Lipinski definition) is 1. The van der Waals surface area contributed by atoms with E-state index in [9.17, 15) is 0 Å². The molecule has 0 aromatic carbocycles. The molecule has 0 rings (SSSR count). The first-order valence-electron chi connectivity index (χ1n) is 1.66. The van der Waals surface area contributed by atoms with Crippen molar-refractivity contribution in [3.63, 3.8) is 0 Å². The van der Waals surface area contributed by atoms with Gasteiger partial charge in [-0.1, -0.05) is 6.92 Å². The molecule has 1 unspecified atom stereocenters. The summed E-state index contributed by atoms with van der Waals surface area (Å²) in [6, 6.07) is 0. The van der Waals surface area contributed by atoms with Crippen molar-refractivity contribution >= 4 is 0 Å². The number of aliphatic hydroxyl groups excluding tert-OH is 1. The van der Waals surface area contributed by atoms with Crippen LogP contribution in [0.25, 0.3) is 0 Å². The third-order valence-corrected chi connectivity index (χ3v) is 0.387. The van der Waals surface area contributed by atoms with Gasteiger partial charge >= 0.3 is 0 Å². The van der Waals surface area contributed by atoms with Crippen molar-refractivity contribution in [3.8, 4) is 0 Å². The molecule has 0 saturated carbocycles.